The van der Waals surface area contributed by atoms with Gasteiger partial charge in [-0.25, -0.2) is 9.78 Å². The van der Waals surface area contributed by atoms with Gasteiger partial charge in [-0.15, -0.1) is 0 Å². The number of carbonyl (C=O) groups is 2. The summed E-state index contributed by atoms with van der Waals surface area (Å²) in [6.45, 7) is 7.85. The second-order valence-electron chi connectivity index (χ2n) is 10.3. The topological polar surface area (TPSA) is 118 Å². The number of halogens is 1. The molecule has 1 amide bonds. The van der Waals surface area contributed by atoms with Crippen molar-refractivity contribution in [3.63, 3.8) is 0 Å². The van der Waals surface area contributed by atoms with Gasteiger partial charge in [-0.2, -0.15) is 0 Å². The van der Waals surface area contributed by atoms with Gasteiger partial charge in [0.2, 0.25) is 0 Å². The molecular formula is C29H33ClN4O3. The van der Waals surface area contributed by atoms with Crippen LogP contribution in [0, 0.1) is 12.8 Å². The average molecular weight is 521 g/mol. The molecule has 1 aromatic carbocycles. The van der Waals surface area contributed by atoms with Crippen molar-refractivity contribution in [2.45, 2.75) is 65.0 Å². The molecule has 1 aromatic heterocycles. The molecule has 194 valence electrons. The molecule has 1 aliphatic heterocycles. The first kappa shape index (κ1) is 26.6. The second-order valence-corrected chi connectivity index (χ2v) is 10.7. The fourth-order valence-electron chi connectivity index (χ4n) is 4.93. The van der Waals surface area contributed by atoms with E-state index >= 15 is 0 Å². The summed E-state index contributed by atoms with van der Waals surface area (Å²) in [7, 11) is 0. The zero-order chi connectivity index (χ0) is 26.9. The van der Waals surface area contributed by atoms with E-state index in [4.69, 9.17) is 17.3 Å². The maximum absolute atomic E-state index is 12.7. The van der Waals surface area contributed by atoms with Crippen molar-refractivity contribution in [2.24, 2.45) is 16.6 Å². The maximum Gasteiger partial charge on any atom is 0.326 e. The molecule has 7 nitrogen and oxygen atoms in total. The van der Waals surface area contributed by atoms with E-state index in [0.29, 0.717) is 41.5 Å². The predicted molar refractivity (Wildman–Crippen MR) is 146 cm³/mol. The number of nitrogens with one attached hydrogen (secondary N) is 1. The Labute approximate surface area is 222 Å². The number of aryl methyl sites for hydroxylation is 3. The van der Waals surface area contributed by atoms with E-state index in [9.17, 15) is 14.7 Å². The summed E-state index contributed by atoms with van der Waals surface area (Å²) in [6.07, 6.45) is 8.13. The molecule has 2 heterocycles. The lowest BCUT2D eigenvalue weighted by Crippen LogP contribution is -2.41. The molecule has 2 aliphatic rings. The highest BCUT2D eigenvalue weighted by molar-refractivity contribution is 6.30. The number of nitrogens with zero attached hydrogens (tertiary/aromatic N) is 2. The lowest BCUT2D eigenvalue weighted by atomic mass is 9.82. The minimum Gasteiger partial charge on any atom is -0.480 e. The van der Waals surface area contributed by atoms with E-state index in [0.717, 1.165) is 27.8 Å². The number of pyridine rings is 1. The number of aliphatic carboxylic acids is 1. The molecule has 2 unspecified atom stereocenters. The smallest absolute Gasteiger partial charge is 0.326 e. The van der Waals surface area contributed by atoms with Crippen molar-refractivity contribution in [3.8, 4) is 0 Å². The van der Waals surface area contributed by atoms with E-state index in [1.54, 1.807) is 12.1 Å². The molecule has 0 saturated carbocycles. The Morgan fingerprint density at radius 2 is 1.89 bits per heavy atom. The number of carboxylic acids is 1. The molecule has 37 heavy (non-hydrogen) atoms. The van der Waals surface area contributed by atoms with Gasteiger partial charge in [0.25, 0.3) is 5.91 Å². The zero-order valence-corrected chi connectivity index (χ0v) is 22.3. The van der Waals surface area contributed by atoms with Crippen LogP contribution in [0.4, 0.5) is 0 Å². The molecular weight excluding hydrogens is 488 g/mol. The molecule has 1 aliphatic carbocycles. The number of rotatable bonds is 8. The van der Waals surface area contributed by atoms with Gasteiger partial charge in [-0.1, -0.05) is 55.3 Å². The van der Waals surface area contributed by atoms with Crippen LogP contribution in [0.1, 0.15) is 71.4 Å². The summed E-state index contributed by atoms with van der Waals surface area (Å²) in [4.78, 5) is 33.4. The van der Waals surface area contributed by atoms with Gasteiger partial charge in [0, 0.05) is 11.5 Å². The fourth-order valence-corrected chi connectivity index (χ4v) is 5.16. The first-order valence-corrected chi connectivity index (χ1v) is 12.9. The molecule has 4 N–H and O–H groups in total. The number of fused-ring (bicyclic) bond motifs is 3. The number of amides is 1. The van der Waals surface area contributed by atoms with E-state index in [1.165, 1.54) is 0 Å². The number of allylic oxidation sites excluding steroid dienone is 2. The SMILES string of the molecule is CC1=CC2N=C(N)c3nc(Cl)c(CCc4ccc(C(=O)N[C@@H](CC(C)C)C(=O)O)cc4C)cc3C2C=C1. The number of aromatic nitrogens is 1. The Morgan fingerprint density at radius 1 is 1.16 bits per heavy atom. The molecule has 0 saturated heterocycles. The summed E-state index contributed by atoms with van der Waals surface area (Å²) in [5.74, 6) is -0.769. The van der Waals surface area contributed by atoms with Gasteiger partial charge >= 0.3 is 5.97 Å². The van der Waals surface area contributed by atoms with Gasteiger partial charge in [0.1, 0.15) is 22.7 Å². The van der Waals surface area contributed by atoms with E-state index in [2.05, 4.69) is 39.6 Å². The second kappa shape index (κ2) is 10.9. The van der Waals surface area contributed by atoms with E-state index < -0.39 is 12.0 Å². The molecule has 0 radical (unpaired) electrons. The Kier molecular flexibility index (Phi) is 7.83. The minimum atomic E-state index is -1.03. The van der Waals surface area contributed by atoms with Crippen LogP contribution in [0.3, 0.4) is 0 Å². The van der Waals surface area contributed by atoms with E-state index in [-0.39, 0.29) is 23.8 Å². The van der Waals surface area contributed by atoms with Crippen molar-refractivity contribution in [3.05, 3.63) is 86.7 Å². The van der Waals surface area contributed by atoms with E-state index in [1.807, 2.05) is 33.8 Å². The van der Waals surface area contributed by atoms with Gasteiger partial charge in [0.05, 0.1) is 6.04 Å². The standard InChI is InChI=1S/C29H33ClN4O3/c1-15(2)11-24(29(36)37)33-28(35)20-9-7-18(17(4)13-20)6-8-19-14-22-21-10-5-16(3)12-23(21)32-27(31)25(22)34-26(19)30/h5,7,9-10,12-15,21,23-24H,6,8,11H2,1-4H3,(H2,31,32)(H,33,35)(H,36,37)/t21?,23?,24-/m0/s1. The molecule has 8 heteroatoms. The highest BCUT2D eigenvalue weighted by atomic mass is 35.5. The van der Waals surface area contributed by atoms with Gasteiger partial charge < -0.3 is 16.2 Å². The first-order chi connectivity index (χ1) is 17.5. The summed E-state index contributed by atoms with van der Waals surface area (Å²) in [5.41, 5.74) is 12.5. The number of benzene rings is 1. The molecule has 4 rings (SSSR count). The zero-order valence-electron chi connectivity index (χ0n) is 21.6. The highest BCUT2D eigenvalue weighted by Gasteiger charge is 2.31. The molecule has 3 atom stereocenters. The number of aliphatic imine (C=N–C) groups is 1. The summed E-state index contributed by atoms with van der Waals surface area (Å²) < 4.78 is 0. The summed E-state index contributed by atoms with van der Waals surface area (Å²) in [5, 5.41) is 12.5. The van der Waals surface area contributed by atoms with Crippen LogP contribution < -0.4 is 11.1 Å². The number of hydrogen-bond acceptors (Lipinski definition) is 5. The predicted octanol–water partition coefficient (Wildman–Crippen LogP) is 4.74. The molecule has 0 fully saturated rings. The van der Waals surface area contributed by atoms with Crippen molar-refractivity contribution in [1.29, 1.82) is 0 Å². The summed E-state index contributed by atoms with van der Waals surface area (Å²) in [6, 6.07) is 6.61. The van der Waals surface area contributed by atoms with Crippen LogP contribution in [0.25, 0.3) is 0 Å². The van der Waals surface area contributed by atoms with Crippen LogP contribution in [-0.4, -0.2) is 39.9 Å². The number of amidine groups is 1. The Hall–Kier alpha value is -3.45. The number of hydrogen-bond donors (Lipinski definition) is 3. The normalized spacial score (nSPS) is 19.0. The average Bonchev–Trinajstić information content (AvgIpc) is 2.82. The van der Waals surface area contributed by atoms with Crippen molar-refractivity contribution >= 4 is 29.3 Å². The quantitative estimate of drug-likeness (QED) is 0.434. The Morgan fingerprint density at radius 3 is 2.57 bits per heavy atom. The maximum atomic E-state index is 12.7. The fraction of sp³-hybridized carbons (Fsp3) is 0.379. The van der Waals surface area contributed by atoms with Crippen molar-refractivity contribution in [1.82, 2.24) is 10.3 Å². The van der Waals surface area contributed by atoms with Crippen LogP contribution in [0.2, 0.25) is 5.15 Å². The number of carbonyl (C=O) groups excluding carboxylic acids is 1. The molecule has 0 spiro atoms. The highest BCUT2D eigenvalue weighted by Crippen LogP contribution is 2.36. The van der Waals surface area contributed by atoms with Crippen molar-refractivity contribution < 1.29 is 14.7 Å². The number of nitrogens with two attached hydrogens (primary N) is 1. The minimum absolute atomic E-state index is 0.0319. The molecule has 2 aromatic rings. The van der Waals surface area contributed by atoms with Crippen LogP contribution in [0.5, 0.6) is 0 Å². The largest absolute Gasteiger partial charge is 0.480 e. The Bertz CT molecular complexity index is 1330. The van der Waals surface area contributed by atoms with Crippen LogP contribution >= 0.6 is 11.6 Å². The van der Waals surface area contributed by atoms with Gasteiger partial charge in [-0.3, -0.25) is 9.79 Å². The lowest BCUT2D eigenvalue weighted by Gasteiger charge is -2.29. The number of carboxylic acid groups (broad SMARTS) is 1. The van der Waals surface area contributed by atoms with Gasteiger partial charge in [-0.05, 0) is 79.5 Å². The van der Waals surface area contributed by atoms with Crippen molar-refractivity contribution in [2.75, 3.05) is 0 Å². The van der Waals surface area contributed by atoms with Crippen LogP contribution in [-0.2, 0) is 17.6 Å². The molecule has 0 bridgehead atoms. The third-order valence-corrected chi connectivity index (χ3v) is 7.24. The van der Waals surface area contributed by atoms with Gasteiger partial charge in [0.15, 0.2) is 0 Å². The monoisotopic (exact) mass is 520 g/mol. The summed E-state index contributed by atoms with van der Waals surface area (Å²) >= 11 is 6.56. The Balaban J connectivity index is 1.49. The lowest BCUT2D eigenvalue weighted by molar-refractivity contribution is -0.139. The third kappa shape index (κ3) is 5.93. The third-order valence-electron chi connectivity index (χ3n) is 6.92. The first-order valence-electron chi connectivity index (χ1n) is 12.6. The van der Waals surface area contributed by atoms with Crippen LogP contribution in [0.15, 0.2) is 53.1 Å².